The van der Waals surface area contributed by atoms with E-state index in [1.165, 1.54) is 24.6 Å². The Morgan fingerprint density at radius 1 is 1.23 bits per heavy atom. The van der Waals surface area contributed by atoms with Crippen LogP contribution in [-0.2, 0) is 4.79 Å². The Balaban J connectivity index is 1.53. The second-order valence-corrected chi connectivity index (χ2v) is 9.38. The quantitative estimate of drug-likeness (QED) is 0.470. The first-order valence-corrected chi connectivity index (χ1v) is 11.5. The van der Waals surface area contributed by atoms with Crippen LogP contribution in [0.5, 0.6) is 0 Å². The molecule has 8 nitrogen and oxygen atoms in total. The standard InChI is InChI=1S/C20H22ClN5O3S/c21-17-12-23-19(14-3-5-16(6-4-14)30(28,29)24-9-10-27)26-20(17)25-18-11-15(7-8-22-18)13-1-2-13/h3-6,10-13,24,28-29H,1-2,7-9H2,(H,22,23,25,26). The molecule has 0 amide bonds. The molecule has 0 spiro atoms. The first-order valence-electron chi connectivity index (χ1n) is 9.57. The average Bonchev–Trinajstić information content (AvgIpc) is 3.60. The largest absolute Gasteiger partial charge is 0.324 e. The highest BCUT2D eigenvalue weighted by atomic mass is 35.5. The maximum atomic E-state index is 10.5. The number of benzene rings is 1. The number of carbonyl (C=O) groups excluding carboxylic acids is 1. The molecular weight excluding hydrogens is 426 g/mol. The van der Waals surface area contributed by atoms with Gasteiger partial charge in [-0.25, -0.2) is 14.7 Å². The fraction of sp³-hybridized carbons (Fsp3) is 0.300. The summed E-state index contributed by atoms with van der Waals surface area (Å²) in [5.41, 5.74) is 2.11. The van der Waals surface area contributed by atoms with E-state index >= 15 is 0 Å². The van der Waals surface area contributed by atoms with Gasteiger partial charge in [-0.1, -0.05) is 17.2 Å². The molecule has 1 aliphatic heterocycles. The second kappa shape index (κ2) is 8.83. The molecular formula is C20H22ClN5O3S. The van der Waals surface area contributed by atoms with Crippen molar-refractivity contribution in [2.24, 2.45) is 10.9 Å². The molecule has 1 fully saturated rings. The van der Waals surface area contributed by atoms with Gasteiger partial charge in [-0.05, 0) is 55.5 Å². The van der Waals surface area contributed by atoms with Gasteiger partial charge in [-0.15, -0.1) is 10.8 Å². The predicted molar refractivity (Wildman–Crippen MR) is 119 cm³/mol. The molecule has 30 heavy (non-hydrogen) atoms. The molecule has 4 rings (SSSR count). The number of aromatic nitrogens is 2. The molecule has 0 radical (unpaired) electrons. The number of halogens is 1. The number of aliphatic imine (C=N–C) groups is 1. The Kier molecular flexibility index (Phi) is 6.16. The number of hydrogen-bond acceptors (Lipinski definition) is 8. The van der Waals surface area contributed by atoms with Gasteiger partial charge < -0.3 is 10.1 Å². The fourth-order valence-corrected chi connectivity index (χ4v) is 4.31. The number of aldehydes is 1. The third-order valence-electron chi connectivity index (χ3n) is 4.91. The molecule has 0 saturated heterocycles. The van der Waals surface area contributed by atoms with Crippen LogP contribution in [0.15, 0.2) is 52.0 Å². The minimum Gasteiger partial charge on any atom is -0.324 e. The third-order valence-corrected chi connectivity index (χ3v) is 6.68. The molecule has 0 atom stereocenters. The SMILES string of the molecule is O=CCNS(O)(O)c1ccc(-c2ncc(Cl)c(NC3=NCCC(C4CC4)=C3)n2)cc1. The lowest BCUT2D eigenvalue weighted by atomic mass is 10.1. The van der Waals surface area contributed by atoms with Crippen molar-refractivity contribution >= 4 is 40.3 Å². The summed E-state index contributed by atoms with van der Waals surface area (Å²) in [7, 11) is -3.24. The van der Waals surface area contributed by atoms with E-state index in [1.807, 2.05) is 0 Å². The van der Waals surface area contributed by atoms with Gasteiger partial charge in [0.2, 0.25) is 0 Å². The Bertz CT molecular complexity index is 1010. The maximum Gasteiger partial charge on any atom is 0.161 e. The van der Waals surface area contributed by atoms with Crippen LogP contribution in [-0.4, -0.2) is 44.3 Å². The van der Waals surface area contributed by atoms with Crippen LogP contribution in [0.25, 0.3) is 11.4 Å². The number of carbonyl (C=O) groups is 1. The predicted octanol–water partition coefficient (Wildman–Crippen LogP) is 4.16. The molecule has 1 saturated carbocycles. The van der Waals surface area contributed by atoms with Crippen LogP contribution >= 0.6 is 22.4 Å². The Morgan fingerprint density at radius 2 is 2.00 bits per heavy atom. The lowest BCUT2D eigenvalue weighted by Gasteiger charge is -2.32. The van der Waals surface area contributed by atoms with E-state index in [2.05, 4.69) is 31.1 Å². The Labute approximate surface area is 181 Å². The van der Waals surface area contributed by atoms with Crippen molar-refractivity contribution in [3.63, 3.8) is 0 Å². The van der Waals surface area contributed by atoms with Gasteiger partial charge in [-0.3, -0.25) is 14.1 Å². The van der Waals surface area contributed by atoms with Crippen LogP contribution in [0.3, 0.4) is 0 Å². The summed E-state index contributed by atoms with van der Waals surface area (Å²) in [6.07, 6.45) is 7.69. The first kappa shape index (κ1) is 21.0. The van der Waals surface area contributed by atoms with Gasteiger partial charge in [0.1, 0.15) is 17.1 Å². The van der Waals surface area contributed by atoms with Gasteiger partial charge in [0, 0.05) is 12.1 Å². The van der Waals surface area contributed by atoms with Gasteiger partial charge in [0.05, 0.1) is 17.6 Å². The van der Waals surface area contributed by atoms with Crippen LogP contribution in [0.2, 0.25) is 5.02 Å². The van der Waals surface area contributed by atoms with Crippen molar-refractivity contribution in [1.82, 2.24) is 14.7 Å². The Morgan fingerprint density at radius 3 is 2.70 bits per heavy atom. The summed E-state index contributed by atoms with van der Waals surface area (Å²) in [6.45, 7) is 0.604. The molecule has 4 N–H and O–H groups in total. The molecule has 1 aromatic heterocycles. The number of rotatable bonds is 7. The third kappa shape index (κ3) is 4.88. The first-order chi connectivity index (χ1) is 14.5. The van der Waals surface area contributed by atoms with E-state index in [9.17, 15) is 13.9 Å². The highest BCUT2D eigenvalue weighted by molar-refractivity contribution is 8.22. The monoisotopic (exact) mass is 447 g/mol. The number of amidine groups is 1. The number of nitrogens with one attached hydrogen (secondary N) is 2. The highest BCUT2D eigenvalue weighted by Gasteiger charge is 2.27. The topological polar surface area (TPSA) is 120 Å². The Hall–Kier alpha value is -2.30. The molecule has 0 unspecified atom stereocenters. The van der Waals surface area contributed by atoms with Gasteiger partial charge in [-0.2, -0.15) is 0 Å². The van der Waals surface area contributed by atoms with E-state index < -0.39 is 10.8 Å². The van der Waals surface area contributed by atoms with Crippen molar-refractivity contribution in [1.29, 1.82) is 0 Å². The van der Waals surface area contributed by atoms with Crippen molar-refractivity contribution in [3.05, 3.63) is 47.1 Å². The molecule has 2 heterocycles. The lowest BCUT2D eigenvalue weighted by molar-refractivity contribution is -0.106. The van der Waals surface area contributed by atoms with Crippen molar-refractivity contribution < 1.29 is 13.9 Å². The number of hydrogen-bond donors (Lipinski definition) is 4. The number of dihydropyridines is 1. The van der Waals surface area contributed by atoms with Crippen LogP contribution in [0.1, 0.15) is 19.3 Å². The smallest absolute Gasteiger partial charge is 0.161 e. The molecule has 158 valence electrons. The minimum atomic E-state index is -3.24. The normalized spacial score (nSPS) is 17.2. The molecule has 2 aromatic rings. The average molecular weight is 448 g/mol. The van der Waals surface area contributed by atoms with Crippen LogP contribution in [0, 0.1) is 5.92 Å². The van der Waals surface area contributed by atoms with E-state index in [4.69, 9.17) is 11.6 Å². The number of nitrogens with zero attached hydrogens (tertiary/aromatic N) is 3. The van der Waals surface area contributed by atoms with Crippen molar-refractivity contribution in [3.8, 4) is 11.4 Å². The van der Waals surface area contributed by atoms with Crippen molar-refractivity contribution in [2.45, 2.75) is 24.2 Å². The summed E-state index contributed by atoms with van der Waals surface area (Å²) in [5, 5.41) is 3.59. The van der Waals surface area contributed by atoms with E-state index in [1.54, 1.807) is 24.3 Å². The van der Waals surface area contributed by atoms with E-state index in [0.717, 1.165) is 18.8 Å². The number of anilines is 1. The molecule has 0 bridgehead atoms. The summed E-state index contributed by atoms with van der Waals surface area (Å²) in [4.78, 5) is 24.0. The summed E-state index contributed by atoms with van der Waals surface area (Å²) >= 11 is 6.29. The zero-order valence-electron chi connectivity index (χ0n) is 16.1. The summed E-state index contributed by atoms with van der Waals surface area (Å²) in [5.74, 6) is 2.35. The van der Waals surface area contributed by atoms with Gasteiger partial charge >= 0.3 is 0 Å². The minimum absolute atomic E-state index is 0.153. The lowest BCUT2D eigenvalue weighted by Crippen LogP contribution is -2.21. The molecule has 10 heteroatoms. The van der Waals surface area contributed by atoms with Crippen LogP contribution < -0.4 is 10.0 Å². The second-order valence-electron chi connectivity index (χ2n) is 7.11. The zero-order chi connectivity index (χ0) is 21.1. The molecule has 1 aliphatic carbocycles. The van der Waals surface area contributed by atoms with E-state index in [-0.39, 0.29) is 11.4 Å². The van der Waals surface area contributed by atoms with Crippen molar-refractivity contribution in [2.75, 3.05) is 18.4 Å². The molecule has 2 aliphatic rings. The zero-order valence-corrected chi connectivity index (χ0v) is 17.7. The van der Waals surface area contributed by atoms with Crippen LogP contribution in [0.4, 0.5) is 5.82 Å². The molecule has 1 aromatic carbocycles. The fourth-order valence-electron chi connectivity index (χ4n) is 3.19. The summed E-state index contributed by atoms with van der Waals surface area (Å²) in [6, 6.07) is 6.48. The maximum absolute atomic E-state index is 10.5. The summed E-state index contributed by atoms with van der Waals surface area (Å²) < 4.78 is 22.6. The van der Waals surface area contributed by atoms with Gasteiger partial charge in [0.15, 0.2) is 11.6 Å². The highest BCUT2D eigenvalue weighted by Crippen LogP contribution is 2.44. The van der Waals surface area contributed by atoms with Gasteiger partial charge in [0.25, 0.3) is 0 Å². The van der Waals surface area contributed by atoms with E-state index in [0.29, 0.717) is 34.4 Å².